The SMILES string of the molecule is O=C(Nc1cccc(NC(=O)c2cccnc2SC(F)F)c1)c1cccs1. The number of alkyl halides is 2. The first-order chi connectivity index (χ1) is 13.0. The number of halogens is 2. The molecule has 138 valence electrons. The van der Waals surface area contributed by atoms with Gasteiger partial charge in [-0.15, -0.1) is 11.3 Å². The molecule has 0 bridgehead atoms. The molecule has 3 aromatic rings. The molecule has 1 aromatic carbocycles. The minimum atomic E-state index is -2.68. The Hall–Kier alpha value is -2.78. The average Bonchev–Trinajstić information content (AvgIpc) is 3.17. The summed E-state index contributed by atoms with van der Waals surface area (Å²) < 4.78 is 25.3. The second-order valence-electron chi connectivity index (χ2n) is 5.20. The normalized spacial score (nSPS) is 10.6. The van der Waals surface area contributed by atoms with Crippen molar-refractivity contribution in [2.24, 2.45) is 0 Å². The Kier molecular flexibility index (Phi) is 6.15. The Morgan fingerprint density at radius 2 is 1.74 bits per heavy atom. The summed E-state index contributed by atoms with van der Waals surface area (Å²) in [6.45, 7) is 0. The van der Waals surface area contributed by atoms with Gasteiger partial charge < -0.3 is 10.6 Å². The monoisotopic (exact) mass is 405 g/mol. The van der Waals surface area contributed by atoms with E-state index >= 15 is 0 Å². The highest BCUT2D eigenvalue weighted by Crippen LogP contribution is 2.27. The Morgan fingerprint density at radius 3 is 2.41 bits per heavy atom. The van der Waals surface area contributed by atoms with Crippen LogP contribution in [0.1, 0.15) is 20.0 Å². The van der Waals surface area contributed by atoms with Crippen LogP contribution in [0.3, 0.4) is 0 Å². The van der Waals surface area contributed by atoms with Crippen LogP contribution in [0, 0.1) is 0 Å². The molecule has 0 atom stereocenters. The molecule has 0 aliphatic carbocycles. The highest BCUT2D eigenvalue weighted by molar-refractivity contribution is 7.99. The van der Waals surface area contributed by atoms with Gasteiger partial charge in [-0.25, -0.2) is 4.98 Å². The van der Waals surface area contributed by atoms with Crippen molar-refractivity contribution in [1.82, 2.24) is 4.98 Å². The Balaban J connectivity index is 1.73. The maximum absolute atomic E-state index is 12.6. The predicted molar refractivity (Wildman–Crippen MR) is 103 cm³/mol. The Bertz CT molecular complexity index is 949. The quantitative estimate of drug-likeness (QED) is 0.569. The van der Waals surface area contributed by atoms with Crippen molar-refractivity contribution in [3.8, 4) is 0 Å². The van der Waals surface area contributed by atoms with Crippen molar-refractivity contribution in [2.45, 2.75) is 10.8 Å². The zero-order valence-electron chi connectivity index (χ0n) is 13.7. The molecule has 27 heavy (non-hydrogen) atoms. The first-order valence-corrected chi connectivity index (χ1v) is 9.45. The van der Waals surface area contributed by atoms with Crippen LogP contribution in [-0.4, -0.2) is 22.6 Å². The van der Waals surface area contributed by atoms with Gasteiger partial charge in [0.1, 0.15) is 5.03 Å². The fourth-order valence-corrected chi connectivity index (χ4v) is 3.41. The number of thiophene rings is 1. The number of rotatable bonds is 6. The van der Waals surface area contributed by atoms with Crippen molar-refractivity contribution in [3.63, 3.8) is 0 Å². The fourth-order valence-electron chi connectivity index (χ4n) is 2.22. The van der Waals surface area contributed by atoms with Crippen LogP contribution in [-0.2, 0) is 0 Å². The van der Waals surface area contributed by atoms with Crippen molar-refractivity contribution in [1.29, 1.82) is 0 Å². The number of hydrogen-bond acceptors (Lipinski definition) is 5. The fraction of sp³-hybridized carbons (Fsp3) is 0.0556. The van der Waals surface area contributed by atoms with Crippen molar-refractivity contribution in [2.75, 3.05) is 10.6 Å². The lowest BCUT2D eigenvalue weighted by molar-refractivity contribution is 0.101. The number of anilines is 2. The van der Waals surface area contributed by atoms with E-state index in [1.807, 2.05) is 0 Å². The highest BCUT2D eigenvalue weighted by Gasteiger charge is 2.17. The standard InChI is InChI=1S/C18H13F2N3O2S2/c19-18(20)27-17-13(6-2-8-21-17)15(24)22-11-4-1-5-12(10-11)23-16(25)14-7-3-9-26-14/h1-10,18H,(H,22,24)(H,23,25). The molecule has 5 nitrogen and oxygen atoms in total. The van der Waals surface area contributed by atoms with E-state index in [0.29, 0.717) is 16.3 Å². The number of benzene rings is 1. The van der Waals surface area contributed by atoms with E-state index < -0.39 is 11.7 Å². The molecule has 0 saturated carbocycles. The summed E-state index contributed by atoms with van der Waals surface area (Å²) >= 11 is 1.53. The third kappa shape index (κ3) is 5.11. The van der Waals surface area contributed by atoms with Gasteiger partial charge in [0.05, 0.1) is 10.4 Å². The van der Waals surface area contributed by atoms with Crippen LogP contribution in [0.25, 0.3) is 0 Å². The smallest absolute Gasteiger partial charge is 0.290 e. The zero-order chi connectivity index (χ0) is 19.2. The first-order valence-electron chi connectivity index (χ1n) is 7.69. The minimum absolute atomic E-state index is 0.0489. The van der Waals surface area contributed by atoms with Crippen LogP contribution in [0.15, 0.2) is 65.1 Å². The topological polar surface area (TPSA) is 71.1 Å². The number of thioether (sulfide) groups is 1. The third-order valence-corrected chi connectivity index (χ3v) is 4.94. The summed E-state index contributed by atoms with van der Waals surface area (Å²) in [5, 5.41) is 7.13. The van der Waals surface area contributed by atoms with Crippen LogP contribution in [0.4, 0.5) is 20.2 Å². The molecule has 0 saturated heterocycles. The van der Waals surface area contributed by atoms with E-state index in [4.69, 9.17) is 0 Å². The molecule has 9 heteroatoms. The molecule has 0 unspecified atom stereocenters. The largest absolute Gasteiger partial charge is 0.322 e. The Morgan fingerprint density at radius 1 is 1.00 bits per heavy atom. The molecule has 0 aliphatic rings. The van der Waals surface area contributed by atoms with Gasteiger partial charge in [-0.05, 0) is 53.5 Å². The molecule has 2 amide bonds. The number of nitrogens with one attached hydrogen (secondary N) is 2. The maximum Gasteiger partial charge on any atom is 0.290 e. The molecular weight excluding hydrogens is 392 g/mol. The van der Waals surface area contributed by atoms with E-state index in [0.717, 1.165) is 0 Å². The van der Waals surface area contributed by atoms with E-state index in [2.05, 4.69) is 15.6 Å². The highest BCUT2D eigenvalue weighted by atomic mass is 32.2. The number of carbonyl (C=O) groups is 2. The molecule has 0 aliphatic heterocycles. The second-order valence-corrected chi connectivity index (χ2v) is 7.13. The number of nitrogens with zero attached hydrogens (tertiary/aromatic N) is 1. The lowest BCUT2D eigenvalue weighted by atomic mass is 10.2. The number of hydrogen-bond donors (Lipinski definition) is 2. The molecule has 0 fully saturated rings. The van der Waals surface area contributed by atoms with Crippen molar-refractivity contribution < 1.29 is 18.4 Å². The first kappa shape index (κ1) is 19.0. The number of pyridine rings is 1. The molecule has 0 radical (unpaired) electrons. The average molecular weight is 405 g/mol. The summed E-state index contributed by atoms with van der Waals surface area (Å²) in [4.78, 5) is 28.9. The minimum Gasteiger partial charge on any atom is -0.322 e. The maximum atomic E-state index is 12.6. The molecule has 3 rings (SSSR count). The van der Waals surface area contributed by atoms with Crippen LogP contribution in [0.5, 0.6) is 0 Å². The summed E-state index contributed by atoms with van der Waals surface area (Å²) in [7, 11) is 0. The van der Waals surface area contributed by atoms with Gasteiger partial charge in [-0.2, -0.15) is 8.78 Å². The molecular formula is C18H13F2N3O2S2. The van der Waals surface area contributed by atoms with Crippen LogP contribution >= 0.6 is 23.1 Å². The lowest BCUT2D eigenvalue weighted by Crippen LogP contribution is -2.14. The van der Waals surface area contributed by atoms with Gasteiger partial charge >= 0.3 is 0 Å². The van der Waals surface area contributed by atoms with Gasteiger partial charge in [0.15, 0.2) is 0 Å². The molecule has 2 aromatic heterocycles. The molecule has 2 heterocycles. The predicted octanol–water partition coefficient (Wildman–Crippen LogP) is 4.96. The van der Waals surface area contributed by atoms with Crippen molar-refractivity contribution in [3.05, 3.63) is 70.5 Å². The Labute approximate surface area is 161 Å². The van der Waals surface area contributed by atoms with E-state index in [1.165, 1.54) is 29.7 Å². The number of aromatic nitrogens is 1. The van der Waals surface area contributed by atoms with Crippen LogP contribution < -0.4 is 10.6 Å². The number of carbonyl (C=O) groups excluding carboxylic acids is 2. The second kappa shape index (κ2) is 8.74. The van der Waals surface area contributed by atoms with Crippen molar-refractivity contribution >= 4 is 46.3 Å². The summed E-state index contributed by atoms with van der Waals surface area (Å²) in [6, 6.07) is 13.0. The summed E-state index contributed by atoms with van der Waals surface area (Å²) in [5.74, 6) is -3.49. The molecule has 0 spiro atoms. The summed E-state index contributed by atoms with van der Waals surface area (Å²) in [5.41, 5.74) is 0.969. The van der Waals surface area contributed by atoms with E-state index in [-0.39, 0.29) is 28.3 Å². The van der Waals surface area contributed by atoms with Gasteiger partial charge in [0, 0.05) is 17.6 Å². The third-order valence-electron chi connectivity index (χ3n) is 3.34. The zero-order valence-corrected chi connectivity index (χ0v) is 15.3. The number of amides is 2. The lowest BCUT2D eigenvalue weighted by Gasteiger charge is -2.10. The van der Waals surface area contributed by atoms with Gasteiger partial charge in [-0.3, -0.25) is 9.59 Å². The van der Waals surface area contributed by atoms with E-state index in [1.54, 1.807) is 41.8 Å². The molecule has 2 N–H and O–H groups in total. The summed E-state index contributed by atoms with van der Waals surface area (Å²) in [6.07, 6.45) is 1.35. The van der Waals surface area contributed by atoms with E-state index in [9.17, 15) is 18.4 Å². The van der Waals surface area contributed by atoms with Crippen LogP contribution in [0.2, 0.25) is 0 Å². The van der Waals surface area contributed by atoms with Gasteiger partial charge in [0.2, 0.25) is 0 Å². The van der Waals surface area contributed by atoms with Gasteiger partial charge in [0.25, 0.3) is 17.6 Å². The van der Waals surface area contributed by atoms with Gasteiger partial charge in [-0.1, -0.05) is 12.1 Å².